The number of rotatable bonds is 6. The third kappa shape index (κ3) is 3.37. The molecule has 0 amide bonds. The molecule has 0 spiro atoms. The van der Waals surface area contributed by atoms with E-state index in [-0.39, 0.29) is 0 Å². The molecule has 1 nitrogen and oxygen atoms in total. The van der Waals surface area contributed by atoms with Crippen molar-refractivity contribution in [1.82, 2.24) is 5.32 Å². The Morgan fingerprint density at radius 3 is 2.58 bits per heavy atom. The lowest BCUT2D eigenvalue weighted by Gasteiger charge is -2.27. The van der Waals surface area contributed by atoms with Crippen LogP contribution in [0.25, 0.3) is 10.1 Å². The molecule has 2 heteroatoms. The fraction of sp³-hybridized carbons (Fsp3) is 0.529. The predicted molar refractivity (Wildman–Crippen MR) is 87.0 cm³/mol. The van der Waals surface area contributed by atoms with E-state index in [4.69, 9.17) is 0 Å². The quantitative estimate of drug-likeness (QED) is 0.804. The molecule has 0 aliphatic heterocycles. The summed E-state index contributed by atoms with van der Waals surface area (Å²) in [5.41, 5.74) is 1.50. The van der Waals surface area contributed by atoms with Gasteiger partial charge in [0.05, 0.1) is 0 Å². The van der Waals surface area contributed by atoms with Crippen LogP contribution in [0.1, 0.15) is 33.3 Å². The van der Waals surface area contributed by atoms with Crippen LogP contribution in [0.2, 0.25) is 0 Å². The standard InChI is InChI=1S/C17H25NS/c1-5-18-16(13(4)12(2)3)10-14-11-19-17-9-7-6-8-15(14)17/h6-9,11-13,16,18H,5,10H2,1-4H3. The van der Waals surface area contributed by atoms with Crippen LogP contribution in [0.15, 0.2) is 29.6 Å². The van der Waals surface area contributed by atoms with Crippen LogP contribution in [0.3, 0.4) is 0 Å². The summed E-state index contributed by atoms with van der Waals surface area (Å²) in [6.45, 7) is 10.3. The zero-order valence-corrected chi connectivity index (χ0v) is 13.3. The normalized spacial score (nSPS) is 15.0. The van der Waals surface area contributed by atoms with Crippen LogP contribution in [0.4, 0.5) is 0 Å². The first-order chi connectivity index (χ1) is 9.13. The molecule has 1 aromatic carbocycles. The molecule has 0 aliphatic carbocycles. The molecular weight excluding hydrogens is 250 g/mol. The minimum absolute atomic E-state index is 0.572. The number of likely N-dealkylation sites (N-methyl/N-ethyl adjacent to an activating group) is 1. The maximum atomic E-state index is 3.67. The van der Waals surface area contributed by atoms with Crippen molar-refractivity contribution in [3.8, 4) is 0 Å². The molecule has 1 N–H and O–H groups in total. The zero-order chi connectivity index (χ0) is 13.8. The molecule has 2 unspecified atom stereocenters. The molecule has 2 aromatic rings. The third-order valence-corrected chi connectivity index (χ3v) is 5.17. The van der Waals surface area contributed by atoms with Gasteiger partial charge in [0.2, 0.25) is 0 Å². The Balaban J connectivity index is 2.21. The van der Waals surface area contributed by atoms with E-state index in [2.05, 4.69) is 62.7 Å². The summed E-state index contributed by atoms with van der Waals surface area (Å²) < 4.78 is 1.41. The Labute approximate surface area is 121 Å². The van der Waals surface area contributed by atoms with Crippen LogP contribution in [0, 0.1) is 11.8 Å². The maximum absolute atomic E-state index is 3.67. The highest BCUT2D eigenvalue weighted by Crippen LogP contribution is 2.28. The molecule has 2 rings (SSSR count). The van der Waals surface area contributed by atoms with Crippen molar-refractivity contribution in [3.63, 3.8) is 0 Å². The van der Waals surface area contributed by atoms with Crippen LogP contribution >= 0.6 is 11.3 Å². The summed E-state index contributed by atoms with van der Waals surface area (Å²) in [5, 5.41) is 7.44. The lowest BCUT2D eigenvalue weighted by molar-refractivity contribution is 0.301. The van der Waals surface area contributed by atoms with Crippen LogP contribution < -0.4 is 5.32 Å². The van der Waals surface area contributed by atoms with Crippen molar-refractivity contribution in [2.45, 2.75) is 40.2 Å². The van der Waals surface area contributed by atoms with Gasteiger partial charge in [-0.3, -0.25) is 0 Å². The number of hydrogen-bond acceptors (Lipinski definition) is 2. The van der Waals surface area contributed by atoms with E-state index in [0.717, 1.165) is 13.0 Å². The van der Waals surface area contributed by atoms with Gasteiger partial charge in [0, 0.05) is 10.7 Å². The van der Waals surface area contributed by atoms with E-state index in [0.29, 0.717) is 17.9 Å². The molecule has 104 valence electrons. The first-order valence-electron chi connectivity index (χ1n) is 7.32. The van der Waals surface area contributed by atoms with Gasteiger partial charge in [-0.2, -0.15) is 0 Å². The fourth-order valence-corrected chi connectivity index (χ4v) is 3.57. The van der Waals surface area contributed by atoms with Gasteiger partial charge in [0.1, 0.15) is 0 Å². The van der Waals surface area contributed by atoms with Crippen molar-refractivity contribution >= 4 is 21.4 Å². The predicted octanol–water partition coefficient (Wildman–Crippen LogP) is 4.71. The molecule has 0 saturated heterocycles. The highest BCUT2D eigenvalue weighted by molar-refractivity contribution is 7.17. The topological polar surface area (TPSA) is 12.0 Å². The first kappa shape index (κ1) is 14.5. The van der Waals surface area contributed by atoms with E-state index in [9.17, 15) is 0 Å². The average molecular weight is 275 g/mol. The zero-order valence-electron chi connectivity index (χ0n) is 12.4. The molecule has 0 bridgehead atoms. The SMILES string of the molecule is CCNC(Cc1csc2ccccc12)C(C)C(C)C. The summed E-state index contributed by atoms with van der Waals surface area (Å²) in [6, 6.07) is 9.32. The number of nitrogens with one attached hydrogen (secondary N) is 1. The van der Waals surface area contributed by atoms with Gasteiger partial charge in [-0.25, -0.2) is 0 Å². The monoisotopic (exact) mass is 275 g/mol. The molecule has 19 heavy (non-hydrogen) atoms. The van der Waals surface area contributed by atoms with Gasteiger partial charge in [0.25, 0.3) is 0 Å². The summed E-state index contributed by atoms with van der Waals surface area (Å²) >= 11 is 1.87. The van der Waals surface area contributed by atoms with Gasteiger partial charge in [0.15, 0.2) is 0 Å². The van der Waals surface area contributed by atoms with Crippen LogP contribution in [0.5, 0.6) is 0 Å². The molecule has 0 aliphatic rings. The summed E-state index contributed by atoms with van der Waals surface area (Å²) in [4.78, 5) is 0. The number of fused-ring (bicyclic) bond motifs is 1. The summed E-state index contributed by atoms with van der Waals surface area (Å²) in [6.07, 6.45) is 1.14. The van der Waals surface area contributed by atoms with Crippen molar-refractivity contribution in [2.75, 3.05) is 6.54 Å². The number of thiophene rings is 1. The lowest BCUT2D eigenvalue weighted by Crippen LogP contribution is -2.38. The molecule has 0 saturated carbocycles. The van der Waals surface area contributed by atoms with Crippen molar-refractivity contribution < 1.29 is 0 Å². The van der Waals surface area contributed by atoms with Crippen molar-refractivity contribution in [3.05, 3.63) is 35.2 Å². The minimum Gasteiger partial charge on any atom is -0.314 e. The van der Waals surface area contributed by atoms with Crippen molar-refractivity contribution in [1.29, 1.82) is 0 Å². The first-order valence-corrected chi connectivity index (χ1v) is 8.20. The largest absolute Gasteiger partial charge is 0.314 e. The number of benzene rings is 1. The highest BCUT2D eigenvalue weighted by Gasteiger charge is 2.20. The van der Waals surface area contributed by atoms with E-state index in [1.165, 1.54) is 15.6 Å². The Kier molecular flexibility index (Phi) is 5.00. The summed E-state index contributed by atoms with van der Waals surface area (Å²) in [7, 11) is 0. The Bertz CT molecular complexity index is 515. The Hall–Kier alpha value is -0.860. The van der Waals surface area contributed by atoms with Gasteiger partial charge in [-0.05, 0) is 47.2 Å². The smallest absolute Gasteiger partial charge is 0.0345 e. The highest BCUT2D eigenvalue weighted by atomic mass is 32.1. The van der Waals surface area contributed by atoms with Crippen LogP contribution in [-0.4, -0.2) is 12.6 Å². The lowest BCUT2D eigenvalue weighted by atomic mass is 9.86. The minimum atomic E-state index is 0.572. The van der Waals surface area contributed by atoms with Crippen LogP contribution in [-0.2, 0) is 6.42 Å². The summed E-state index contributed by atoms with van der Waals surface area (Å²) in [5.74, 6) is 1.41. The molecule has 0 radical (unpaired) electrons. The molecule has 1 heterocycles. The average Bonchev–Trinajstić information content (AvgIpc) is 2.81. The second-order valence-electron chi connectivity index (χ2n) is 5.73. The van der Waals surface area contributed by atoms with Gasteiger partial charge in [-0.1, -0.05) is 45.9 Å². The van der Waals surface area contributed by atoms with Gasteiger partial charge in [-0.15, -0.1) is 11.3 Å². The second-order valence-corrected chi connectivity index (χ2v) is 6.64. The van der Waals surface area contributed by atoms with E-state index in [1.54, 1.807) is 0 Å². The molecule has 1 aromatic heterocycles. The molecular formula is C17H25NS. The number of hydrogen-bond donors (Lipinski definition) is 1. The third-order valence-electron chi connectivity index (χ3n) is 4.15. The van der Waals surface area contributed by atoms with Crippen molar-refractivity contribution in [2.24, 2.45) is 11.8 Å². The van der Waals surface area contributed by atoms with E-state index >= 15 is 0 Å². The van der Waals surface area contributed by atoms with Gasteiger partial charge >= 0.3 is 0 Å². The molecule has 0 fully saturated rings. The Morgan fingerprint density at radius 1 is 1.16 bits per heavy atom. The molecule has 2 atom stereocenters. The van der Waals surface area contributed by atoms with E-state index < -0.39 is 0 Å². The Morgan fingerprint density at radius 2 is 1.89 bits per heavy atom. The van der Waals surface area contributed by atoms with E-state index in [1.807, 2.05) is 11.3 Å². The second kappa shape index (κ2) is 6.53. The van der Waals surface area contributed by atoms with Gasteiger partial charge < -0.3 is 5.32 Å². The maximum Gasteiger partial charge on any atom is 0.0345 e. The fourth-order valence-electron chi connectivity index (χ4n) is 2.60.